The Bertz CT molecular complexity index is 1400. The molecule has 10 heteroatoms. The first kappa shape index (κ1) is 25.0. The molecule has 0 aliphatic rings. The van der Waals surface area contributed by atoms with Crippen LogP contribution in [-0.2, 0) is 6.18 Å². The highest BCUT2D eigenvalue weighted by Gasteiger charge is 2.31. The number of hydrogen-bond donors (Lipinski definition) is 3. The number of benzene rings is 2. The molecule has 3 aromatic rings. The van der Waals surface area contributed by atoms with Crippen LogP contribution in [0.25, 0.3) is 0 Å². The molecule has 0 bridgehead atoms. The average Bonchev–Trinajstić information content (AvgIpc) is 2.77. The maximum absolute atomic E-state index is 13.3. The maximum atomic E-state index is 13.3. The molecule has 1 aromatic heterocycles. The number of nitrogens with two attached hydrogens (primary N) is 2. The first-order valence-corrected chi connectivity index (χ1v) is 10.2. The lowest BCUT2D eigenvalue weighted by Crippen LogP contribution is -2.24. The minimum Gasteiger partial charge on any atom is -0.370 e. The first-order valence-electron chi connectivity index (χ1n) is 10.2. The van der Waals surface area contributed by atoms with Gasteiger partial charge < -0.3 is 16.8 Å². The van der Waals surface area contributed by atoms with Gasteiger partial charge in [0, 0.05) is 27.9 Å². The van der Waals surface area contributed by atoms with Crippen molar-refractivity contribution >= 4 is 23.6 Å². The number of nitrogens with zero attached hydrogens (tertiary/aromatic N) is 2. The van der Waals surface area contributed by atoms with Crippen molar-refractivity contribution in [1.82, 2.24) is 4.98 Å². The SMILES string of the molecule is Cc1cccc(NC(=O)c2cc(C#Cc3cc(C(=O)N=C(N)N)cc(C(F)(F)F)c3)ccc2C)n1. The van der Waals surface area contributed by atoms with Crippen LogP contribution in [0.5, 0.6) is 0 Å². The topological polar surface area (TPSA) is 123 Å². The Balaban J connectivity index is 1.95. The second-order valence-electron chi connectivity index (χ2n) is 7.54. The molecular weight excluding hydrogens is 459 g/mol. The smallest absolute Gasteiger partial charge is 0.370 e. The van der Waals surface area contributed by atoms with E-state index >= 15 is 0 Å². The Hall–Kier alpha value is -4.65. The number of rotatable bonds is 3. The number of carbonyl (C=O) groups excluding carboxylic acids is 2. The highest BCUT2D eigenvalue weighted by atomic mass is 19.4. The summed E-state index contributed by atoms with van der Waals surface area (Å²) in [7, 11) is 0. The number of anilines is 1. The molecule has 5 N–H and O–H groups in total. The van der Waals surface area contributed by atoms with Crippen molar-refractivity contribution < 1.29 is 22.8 Å². The molecule has 1 heterocycles. The van der Waals surface area contributed by atoms with E-state index in [1.165, 1.54) is 6.07 Å². The summed E-state index contributed by atoms with van der Waals surface area (Å²) in [6, 6.07) is 12.6. The summed E-state index contributed by atoms with van der Waals surface area (Å²) in [6.45, 7) is 3.53. The predicted octanol–water partition coefficient (Wildman–Crippen LogP) is 3.78. The van der Waals surface area contributed by atoms with Crippen LogP contribution in [0, 0.1) is 25.7 Å². The van der Waals surface area contributed by atoms with Gasteiger partial charge >= 0.3 is 6.18 Å². The molecule has 2 amide bonds. The van der Waals surface area contributed by atoms with Crippen molar-refractivity contribution in [3.8, 4) is 11.8 Å². The average molecular weight is 479 g/mol. The van der Waals surface area contributed by atoms with E-state index in [1.54, 1.807) is 44.2 Å². The maximum Gasteiger partial charge on any atom is 0.416 e. The molecule has 178 valence electrons. The highest BCUT2D eigenvalue weighted by Crippen LogP contribution is 2.31. The lowest BCUT2D eigenvalue weighted by atomic mass is 10.0. The summed E-state index contributed by atoms with van der Waals surface area (Å²) < 4.78 is 40.0. The van der Waals surface area contributed by atoms with Crippen molar-refractivity contribution in [3.63, 3.8) is 0 Å². The van der Waals surface area contributed by atoms with Crippen LogP contribution in [0.4, 0.5) is 19.0 Å². The van der Waals surface area contributed by atoms with Gasteiger partial charge in [-0.15, -0.1) is 0 Å². The van der Waals surface area contributed by atoms with E-state index in [9.17, 15) is 22.8 Å². The lowest BCUT2D eigenvalue weighted by molar-refractivity contribution is -0.137. The van der Waals surface area contributed by atoms with E-state index in [4.69, 9.17) is 11.5 Å². The van der Waals surface area contributed by atoms with Crippen molar-refractivity contribution in [3.05, 3.63) is 93.7 Å². The Morgan fingerprint density at radius 1 is 0.971 bits per heavy atom. The Kier molecular flexibility index (Phi) is 7.20. The lowest BCUT2D eigenvalue weighted by Gasteiger charge is -2.09. The van der Waals surface area contributed by atoms with Gasteiger partial charge in [0.05, 0.1) is 5.56 Å². The zero-order valence-electron chi connectivity index (χ0n) is 18.7. The quantitative estimate of drug-likeness (QED) is 0.300. The van der Waals surface area contributed by atoms with Gasteiger partial charge in [-0.25, -0.2) is 4.98 Å². The van der Waals surface area contributed by atoms with Crippen LogP contribution in [0.3, 0.4) is 0 Å². The molecule has 0 fully saturated rings. The van der Waals surface area contributed by atoms with Gasteiger partial charge in [0.1, 0.15) is 5.82 Å². The molecule has 0 saturated carbocycles. The summed E-state index contributed by atoms with van der Waals surface area (Å²) >= 11 is 0. The second kappa shape index (κ2) is 10.1. The number of carbonyl (C=O) groups is 2. The number of halogens is 3. The van der Waals surface area contributed by atoms with Crippen LogP contribution >= 0.6 is 0 Å². The monoisotopic (exact) mass is 479 g/mol. The minimum atomic E-state index is -4.72. The predicted molar refractivity (Wildman–Crippen MR) is 126 cm³/mol. The van der Waals surface area contributed by atoms with E-state index in [1.807, 2.05) is 0 Å². The van der Waals surface area contributed by atoms with Gasteiger partial charge in [-0.2, -0.15) is 18.2 Å². The molecule has 0 unspecified atom stereocenters. The van der Waals surface area contributed by atoms with Crippen LogP contribution in [0.15, 0.2) is 59.6 Å². The fraction of sp³-hybridized carbons (Fsp3) is 0.120. The fourth-order valence-electron chi connectivity index (χ4n) is 3.05. The standard InChI is InChI=1S/C25H20F3N5O2/c1-14-6-7-16(12-20(14)23(35)32-21-5-3-4-15(2)31-21)8-9-17-10-18(22(34)33-24(29)30)13-19(11-17)25(26,27)28/h3-7,10-13H,1-2H3,(H,31,32,35)(H4,29,30,33,34). The highest BCUT2D eigenvalue weighted by molar-refractivity contribution is 6.05. The number of aliphatic imine (C=N–C) groups is 1. The minimum absolute atomic E-state index is 0.0792. The van der Waals surface area contributed by atoms with Crippen LogP contribution < -0.4 is 16.8 Å². The van der Waals surface area contributed by atoms with Gasteiger partial charge in [-0.1, -0.05) is 24.0 Å². The third kappa shape index (κ3) is 6.68. The molecule has 0 atom stereocenters. The molecule has 0 radical (unpaired) electrons. The number of nitrogens with one attached hydrogen (secondary N) is 1. The van der Waals surface area contributed by atoms with Gasteiger partial charge in [0.2, 0.25) is 0 Å². The molecule has 3 rings (SSSR count). The molecule has 0 spiro atoms. The first-order chi connectivity index (χ1) is 16.4. The molecule has 0 saturated heterocycles. The van der Waals surface area contributed by atoms with E-state index in [2.05, 4.69) is 27.1 Å². The zero-order chi connectivity index (χ0) is 25.8. The number of aryl methyl sites for hydroxylation is 2. The second-order valence-corrected chi connectivity index (χ2v) is 7.54. The van der Waals surface area contributed by atoms with Crippen LogP contribution in [0.1, 0.15) is 48.7 Å². The summed E-state index contributed by atoms with van der Waals surface area (Å²) in [6.07, 6.45) is -4.72. The Morgan fingerprint density at radius 2 is 1.69 bits per heavy atom. The zero-order valence-corrected chi connectivity index (χ0v) is 18.7. The van der Waals surface area contributed by atoms with Gasteiger partial charge in [0.25, 0.3) is 11.8 Å². The normalized spacial score (nSPS) is 10.7. The number of pyridine rings is 1. The summed E-state index contributed by atoms with van der Waals surface area (Å²) in [5.41, 5.74) is 10.9. The summed E-state index contributed by atoms with van der Waals surface area (Å²) in [4.78, 5) is 32.3. The van der Waals surface area contributed by atoms with Crippen LogP contribution in [0.2, 0.25) is 0 Å². The number of hydrogen-bond acceptors (Lipinski definition) is 3. The van der Waals surface area contributed by atoms with Crippen molar-refractivity contribution in [2.45, 2.75) is 20.0 Å². The molecule has 35 heavy (non-hydrogen) atoms. The molecule has 0 aliphatic carbocycles. The van der Waals surface area contributed by atoms with Gasteiger partial charge in [0.15, 0.2) is 5.96 Å². The largest absolute Gasteiger partial charge is 0.416 e. The molecular formula is C25H20F3N5O2. The summed E-state index contributed by atoms with van der Waals surface area (Å²) in [5, 5.41) is 2.71. The number of guanidine groups is 1. The molecule has 0 aliphatic heterocycles. The Labute approximate surface area is 199 Å². The molecule has 2 aromatic carbocycles. The molecule has 7 nitrogen and oxygen atoms in total. The number of aromatic nitrogens is 1. The van der Waals surface area contributed by atoms with Crippen molar-refractivity contribution in [2.75, 3.05) is 5.32 Å². The van der Waals surface area contributed by atoms with Gasteiger partial charge in [-0.05, 0) is 61.9 Å². The third-order valence-corrected chi connectivity index (χ3v) is 4.70. The fourth-order valence-corrected chi connectivity index (χ4v) is 3.05. The van der Waals surface area contributed by atoms with E-state index < -0.39 is 29.5 Å². The van der Waals surface area contributed by atoms with Crippen molar-refractivity contribution in [2.24, 2.45) is 16.5 Å². The van der Waals surface area contributed by atoms with E-state index in [0.717, 1.165) is 17.8 Å². The van der Waals surface area contributed by atoms with E-state index in [0.29, 0.717) is 28.6 Å². The van der Waals surface area contributed by atoms with Crippen LogP contribution in [-0.4, -0.2) is 22.8 Å². The number of amides is 2. The van der Waals surface area contributed by atoms with Crippen molar-refractivity contribution in [1.29, 1.82) is 0 Å². The summed E-state index contributed by atoms with van der Waals surface area (Å²) in [5.74, 6) is 3.71. The number of alkyl halides is 3. The third-order valence-electron chi connectivity index (χ3n) is 4.70. The Morgan fingerprint density at radius 3 is 2.34 bits per heavy atom. The van der Waals surface area contributed by atoms with E-state index in [-0.39, 0.29) is 11.1 Å². The van der Waals surface area contributed by atoms with Gasteiger partial charge in [-0.3, -0.25) is 9.59 Å².